The Hall–Kier alpha value is -2.49. The summed E-state index contributed by atoms with van der Waals surface area (Å²) in [6, 6.07) is 4.96. The maximum absolute atomic E-state index is 12.9. The lowest BCUT2D eigenvalue weighted by atomic mass is 10.0. The average molecular weight is 412 g/mol. The molecule has 29 heavy (non-hydrogen) atoms. The Balaban J connectivity index is 1.34. The first kappa shape index (κ1) is 19.8. The van der Waals surface area contributed by atoms with Crippen LogP contribution in [0.1, 0.15) is 12.0 Å². The van der Waals surface area contributed by atoms with E-state index in [4.69, 9.17) is 4.74 Å². The molecule has 1 aromatic rings. The quantitative estimate of drug-likeness (QED) is 0.760. The second kappa shape index (κ2) is 7.74. The number of rotatable bonds is 1. The molecule has 3 fully saturated rings. The van der Waals surface area contributed by atoms with Crippen LogP contribution in [0, 0.1) is 0 Å². The minimum absolute atomic E-state index is 0.0606. The highest BCUT2D eigenvalue weighted by Gasteiger charge is 2.38. The van der Waals surface area contributed by atoms with Gasteiger partial charge in [-0.05, 0) is 24.6 Å². The predicted molar refractivity (Wildman–Crippen MR) is 98.5 cm³/mol. The Morgan fingerprint density at radius 2 is 1.86 bits per heavy atom. The summed E-state index contributed by atoms with van der Waals surface area (Å²) in [7, 11) is 0. The molecule has 0 aromatic heterocycles. The van der Waals surface area contributed by atoms with Gasteiger partial charge >= 0.3 is 12.2 Å². The van der Waals surface area contributed by atoms with Gasteiger partial charge in [-0.3, -0.25) is 4.79 Å². The van der Waals surface area contributed by atoms with Gasteiger partial charge in [-0.2, -0.15) is 13.2 Å². The molecular formula is C19H23F3N4O3. The van der Waals surface area contributed by atoms with E-state index in [1.165, 1.54) is 6.07 Å². The fraction of sp³-hybridized carbons (Fsp3) is 0.579. The molecule has 10 heteroatoms. The van der Waals surface area contributed by atoms with E-state index >= 15 is 0 Å². The van der Waals surface area contributed by atoms with Crippen LogP contribution in [0.5, 0.6) is 0 Å². The molecular weight excluding hydrogens is 389 g/mol. The number of morpholine rings is 1. The zero-order valence-electron chi connectivity index (χ0n) is 15.8. The molecule has 3 aliphatic rings. The summed E-state index contributed by atoms with van der Waals surface area (Å²) < 4.78 is 44.3. The maximum Gasteiger partial charge on any atom is 0.416 e. The molecule has 0 aliphatic carbocycles. The van der Waals surface area contributed by atoms with Crippen LogP contribution in [0.2, 0.25) is 0 Å². The number of benzene rings is 1. The largest absolute Gasteiger partial charge is 0.416 e. The van der Waals surface area contributed by atoms with Crippen molar-refractivity contribution in [2.24, 2.45) is 0 Å². The summed E-state index contributed by atoms with van der Waals surface area (Å²) in [5, 5.41) is 2.88. The Labute approximate surface area is 166 Å². The van der Waals surface area contributed by atoms with Crippen LogP contribution in [-0.2, 0) is 15.7 Å². The molecule has 3 saturated heterocycles. The van der Waals surface area contributed by atoms with Crippen LogP contribution in [0.4, 0.5) is 23.7 Å². The topological polar surface area (TPSA) is 65.1 Å². The molecule has 1 aromatic carbocycles. The lowest BCUT2D eigenvalue weighted by Crippen LogP contribution is -2.63. The standard InChI is InChI=1S/C19H23F3N4O3/c20-19(21,22)13-2-1-3-14(10-13)24-6-8-25(9-7-24)18(28)26-5-4-16-15(11-26)23-17(27)12-29-16/h1-3,10,15-16H,4-9,11-12H2,(H,23,27)/t15-,16+/m1/s1. The summed E-state index contributed by atoms with van der Waals surface area (Å²) in [5.41, 5.74) is -0.164. The molecule has 158 valence electrons. The van der Waals surface area contributed by atoms with E-state index < -0.39 is 11.7 Å². The third-order valence-electron chi connectivity index (χ3n) is 5.68. The summed E-state index contributed by atoms with van der Waals surface area (Å²) in [6.45, 7) is 2.82. The fourth-order valence-corrected chi connectivity index (χ4v) is 4.11. The smallest absolute Gasteiger partial charge is 0.368 e. The van der Waals surface area contributed by atoms with E-state index in [0.717, 1.165) is 12.1 Å². The van der Waals surface area contributed by atoms with Gasteiger partial charge in [0.15, 0.2) is 0 Å². The monoisotopic (exact) mass is 412 g/mol. The molecule has 3 amide bonds. The summed E-state index contributed by atoms with van der Waals surface area (Å²) in [6.07, 6.45) is -3.77. The number of fused-ring (bicyclic) bond motifs is 1. The number of nitrogens with one attached hydrogen (secondary N) is 1. The number of piperidine rings is 1. The zero-order chi connectivity index (χ0) is 20.6. The number of hydrogen-bond donors (Lipinski definition) is 1. The van der Waals surface area contributed by atoms with Crippen LogP contribution in [0.15, 0.2) is 24.3 Å². The predicted octanol–water partition coefficient (Wildman–Crippen LogP) is 1.54. The number of carbonyl (C=O) groups is 2. The van der Waals surface area contributed by atoms with E-state index in [1.54, 1.807) is 15.9 Å². The minimum Gasteiger partial charge on any atom is -0.368 e. The van der Waals surface area contributed by atoms with Gasteiger partial charge in [0.05, 0.1) is 17.7 Å². The molecule has 0 saturated carbocycles. The number of alkyl halides is 3. The van der Waals surface area contributed by atoms with Crippen LogP contribution < -0.4 is 10.2 Å². The SMILES string of the molecule is O=C1CO[C@H]2CCN(C(=O)N3CCN(c4cccc(C(F)(F)F)c4)CC3)C[C@H]2N1. The van der Waals surface area contributed by atoms with Gasteiger partial charge in [-0.25, -0.2) is 4.79 Å². The van der Waals surface area contributed by atoms with Gasteiger partial charge in [0.1, 0.15) is 6.61 Å². The highest BCUT2D eigenvalue weighted by Crippen LogP contribution is 2.32. The van der Waals surface area contributed by atoms with Crippen LogP contribution in [0.3, 0.4) is 0 Å². The number of nitrogens with zero attached hydrogens (tertiary/aromatic N) is 3. The average Bonchev–Trinajstić information content (AvgIpc) is 2.72. The number of hydrogen-bond acceptors (Lipinski definition) is 4. The number of urea groups is 1. The van der Waals surface area contributed by atoms with Crippen molar-refractivity contribution in [1.82, 2.24) is 15.1 Å². The molecule has 4 rings (SSSR count). The number of amides is 3. The van der Waals surface area contributed by atoms with Crippen molar-refractivity contribution in [2.75, 3.05) is 50.8 Å². The maximum atomic E-state index is 12.9. The second-order valence-electron chi connectivity index (χ2n) is 7.56. The normalized spacial score (nSPS) is 25.5. The van der Waals surface area contributed by atoms with Crippen LogP contribution in [0.25, 0.3) is 0 Å². The fourth-order valence-electron chi connectivity index (χ4n) is 4.11. The third-order valence-corrected chi connectivity index (χ3v) is 5.68. The van der Waals surface area contributed by atoms with Crippen molar-refractivity contribution in [3.05, 3.63) is 29.8 Å². The summed E-state index contributed by atoms with van der Waals surface area (Å²) >= 11 is 0. The highest BCUT2D eigenvalue weighted by atomic mass is 19.4. The van der Waals surface area contributed by atoms with E-state index in [-0.39, 0.29) is 30.7 Å². The number of halogens is 3. The van der Waals surface area contributed by atoms with Crippen molar-refractivity contribution < 1.29 is 27.5 Å². The highest BCUT2D eigenvalue weighted by molar-refractivity contribution is 5.79. The summed E-state index contributed by atoms with van der Waals surface area (Å²) in [4.78, 5) is 29.7. The van der Waals surface area contributed by atoms with Gasteiger partial charge < -0.3 is 24.8 Å². The molecule has 0 radical (unpaired) electrons. The number of piperazine rings is 1. The van der Waals surface area contributed by atoms with E-state index in [9.17, 15) is 22.8 Å². The number of ether oxygens (including phenoxy) is 1. The Bertz CT molecular complexity index is 780. The first-order valence-electron chi connectivity index (χ1n) is 9.68. The van der Waals surface area contributed by atoms with Gasteiger partial charge in [-0.1, -0.05) is 6.07 Å². The van der Waals surface area contributed by atoms with Gasteiger partial charge in [0.25, 0.3) is 0 Å². The minimum atomic E-state index is -4.38. The Morgan fingerprint density at radius 3 is 2.59 bits per heavy atom. The molecule has 7 nitrogen and oxygen atoms in total. The van der Waals surface area contributed by atoms with Crippen molar-refractivity contribution in [3.63, 3.8) is 0 Å². The lowest BCUT2D eigenvalue weighted by Gasteiger charge is -2.44. The molecule has 2 atom stereocenters. The van der Waals surface area contributed by atoms with Crippen LogP contribution >= 0.6 is 0 Å². The van der Waals surface area contributed by atoms with Gasteiger partial charge in [0.2, 0.25) is 5.91 Å². The lowest BCUT2D eigenvalue weighted by molar-refractivity contribution is -0.140. The summed E-state index contributed by atoms with van der Waals surface area (Å²) in [5.74, 6) is -0.171. The Morgan fingerprint density at radius 1 is 1.10 bits per heavy atom. The number of carbonyl (C=O) groups excluding carboxylic acids is 2. The molecule has 0 spiro atoms. The first-order valence-corrected chi connectivity index (χ1v) is 9.68. The third kappa shape index (κ3) is 4.26. The number of anilines is 1. The van der Waals surface area contributed by atoms with Crippen molar-refractivity contribution in [2.45, 2.75) is 24.7 Å². The van der Waals surface area contributed by atoms with Gasteiger partial charge in [0, 0.05) is 45.0 Å². The molecule has 0 unspecified atom stereocenters. The van der Waals surface area contributed by atoms with Crippen molar-refractivity contribution >= 4 is 17.6 Å². The van der Waals surface area contributed by atoms with Crippen LogP contribution in [-0.4, -0.2) is 79.8 Å². The first-order chi connectivity index (χ1) is 13.8. The second-order valence-corrected chi connectivity index (χ2v) is 7.56. The molecule has 3 heterocycles. The Kier molecular flexibility index (Phi) is 5.28. The van der Waals surface area contributed by atoms with Crippen molar-refractivity contribution in [1.29, 1.82) is 0 Å². The number of likely N-dealkylation sites (tertiary alicyclic amines) is 1. The molecule has 3 aliphatic heterocycles. The zero-order valence-corrected chi connectivity index (χ0v) is 15.8. The van der Waals surface area contributed by atoms with E-state index in [2.05, 4.69) is 5.32 Å². The van der Waals surface area contributed by atoms with E-state index in [0.29, 0.717) is 51.4 Å². The van der Waals surface area contributed by atoms with Gasteiger partial charge in [-0.15, -0.1) is 0 Å². The molecule has 0 bridgehead atoms. The van der Waals surface area contributed by atoms with E-state index in [1.807, 2.05) is 4.90 Å². The van der Waals surface area contributed by atoms with Crippen molar-refractivity contribution in [3.8, 4) is 0 Å². The molecule has 1 N–H and O–H groups in total.